The monoisotopic (exact) mass is 208 g/mol. The summed E-state index contributed by atoms with van der Waals surface area (Å²) in [5.41, 5.74) is 7.07. The van der Waals surface area contributed by atoms with Crippen molar-refractivity contribution in [1.82, 2.24) is 4.72 Å². The number of nitrogens with two attached hydrogens (primary N) is 1. The fourth-order valence-electron chi connectivity index (χ4n) is 1.08. The molecule has 1 aliphatic carbocycles. The Balaban J connectivity index is 2.04. The van der Waals surface area contributed by atoms with Crippen LogP contribution in [0.1, 0.15) is 23.2 Å². The minimum absolute atomic E-state index is 0.623. The number of anilines is 1. The van der Waals surface area contributed by atoms with Crippen LogP contribution in [-0.2, 0) is 0 Å². The van der Waals surface area contributed by atoms with Gasteiger partial charge in [-0.05, 0) is 36.9 Å². The van der Waals surface area contributed by atoms with Crippen LogP contribution >= 0.6 is 11.9 Å². The first-order valence-electron chi connectivity index (χ1n) is 4.56. The van der Waals surface area contributed by atoms with Crippen LogP contribution in [0.4, 0.5) is 5.69 Å². The zero-order chi connectivity index (χ0) is 9.97. The number of nitrogens with one attached hydrogen (secondary N) is 1. The molecule has 0 atom stereocenters. The summed E-state index contributed by atoms with van der Waals surface area (Å²) in [5, 5.41) is 0. The predicted octanol–water partition coefficient (Wildman–Crippen LogP) is 1.84. The van der Waals surface area contributed by atoms with Crippen LogP contribution < -0.4 is 10.5 Å². The van der Waals surface area contributed by atoms with E-state index >= 15 is 0 Å². The highest BCUT2D eigenvalue weighted by Crippen LogP contribution is 2.28. The number of hydrogen-bond acceptors (Lipinski definition) is 4. The molecule has 3 N–H and O–H groups in total. The summed E-state index contributed by atoms with van der Waals surface area (Å²) in [6.07, 6.45) is 3.30. The largest absolute Gasteiger partial charge is 0.398 e. The molecule has 1 fully saturated rings. The topological polar surface area (TPSA) is 55.1 Å². The number of benzene rings is 1. The summed E-state index contributed by atoms with van der Waals surface area (Å²) in [6.45, 7) is 0. The normalized spacial score (nSPS) is 15.4. The van der Waals surface area contributed by atoms with Gasteiger partial charge in [0.1, 0.15) is 6.29 Å². The highest BCUT2D eigenvalue weighted by molar-refractivity contribution is 7.97. The summed E-state index contributed by atoms with van der Waals surface area (Å²) in [7, 11) is 0. The van der Waals surface area contributed by atoms with Gasteiger partial charge in [0, 0.05) is 22.2 Å². The molecule has 1 aliphatic rings. The van der Waals surface area contributed by atoms with Crippen LogP contribution in [0.3, 0.4) is 0 Å². The fourth-order valence-corrected chi connectivity index (χ4v) is 1.92. The molecule has 0 radical (unpaired) electrons. The molecule has 0 spiro atoms. The maximum atomic E-state index is 10.5. The first kappa shape index (κ1) is 9.55. The van der Waals surface area contributed by atoms with Crippen LogP contribution in [0.5, 0.6) is 0 Å². The molecule has 2 rings (SSSR count). The lowest BCUT2D eigenvalue weighted by atomic mass is 10.2. The number of hydrogen-bond donors (Lipinski definition) is 2. The van der Waals surface area contributed by atoms with Crippen molar-refractivity contribution in [2.45, 2.75) is 23.8 Å². The zero-order valence-electron chi connectivity index (χ0n) is 7.69. The molecular weight excluding hydrogens is 196 g/mol. The molecule has 1 aromatic carbocycles. The minimum Gasteiger partial charge on any atom is -0.398 e. The van der Waals surface area contributed by atoms with Gasteiger partial charge in [0.15, 0.2) is 0 Å². The lowest BCUT2D eigenvalue weighted by Gasteiger charge is -2.05. The van der Waals surface area contributed by atoms with Gasteiger partial charge in [0.25, 0.3) is 0 Å². The maximum absolute atomic E-state index is 10.5. The van der Waals surface area contributed by atoms with E-state index in [4.69, 9.17) is 5.73 Å². The van der Waals surface area contributed by atoms with E-state index in [1.54, 1.807) is 24.1 Å². The lowest BCUT2D eigenvalue weighted by molar-refractivity contribution is 0.112. The smallest absolute Gasteiger partial charge is 0.150 e. The number of rotatable bonds is 4. The van der Waals surface area contributed by atoms with E-state index in [9.17, 15) is 4.79 Å². The zero-order valence-corrected chi connectivity index (χ0v) is 8.51. The molecule has 1 saturated carbocycles. The van der Waals surface area contributed by atoms with Crippen molar-refractivity contribution in [1.29, 1.82) is 0 Å². The summed E-state index contributed by atoms with van der Waals surface area (Å²) in [6, 6.07) is 5.99. The molecule has 4 heteroatoms. The van der Waals surface area contributed by atoms with Crippen LogP contribution in [0.2, 0.25) is 0 Å². The molecule has 0 aliphatic heterocycles. The van der Waals surface area contributed by atoms with Crippen molar-refractivity contribution >= 4 is 23.9 Å². The first-order chi connectivity index (χ1) is 6.79. The number of nitrogen functional groups attached to an aromatic ring is 1. The van der Waals surface area contributed by atoms with Gasteiger partial charge >= 0.3 is 0 Å². The SMILES string of the molecule is Nc1cc(C=O)ccc1SNC1CC1. The Morgan fingerprint density at radius 1 is 1.50 bits per heavy atom. The lowest BCUT2D eigenvalue weighted by Crippen LogP contribution is -2.05. The second kappa shape index (κ2) is 4.02. The molecule has 0 saturated heterocycles. The highest BCUT2D eigenvalue weighted by atomic mass is 32.2. The standard InChI is InChI=1S/C10H12N2OS/c11-9-5-7(6-13)1-4-10(9)14-12-8-2-3-8/h1,4-6,8,12H,2-3,11H2. The van der Waals surface area contributed by atoms with Crippen LogP contribution in [0.25, 0.3) is 0 Å². The third-order valence-electron chi connectivity index (χ3n) is 2.08. The summed E-state index contributed by atoms with van der Waals surface area (Å²) < 4.78 is 3.30. The Kier molecular flexibility index (Phi) is 2.74. The molecule has 0 heterocycles. The van der Waals surface area contributed by atoms with Crippen molar-refractivity contribution in [2.24, 2.45) is 0 Å². The Morgan fingerprint density at radius 2 is 2.29 bits per heavy atom. The van der Waals surface area contributed by atoms with Crippen LogP contribution in [0.15, 0.2) is 23.1 Å². The number of aldehydes is 1. The van der Waals surface area contributed by atoms with E-state index in [2.05, 4.69) is 4.72 Å². The molecule has 0 amide bonds. The van der Waals surface area contributed by atoms with Gasteiger partial charge in [-0.1, -0.05) is 6.07 Å². The van der Waals surface area contributed by atoms with Gasteiger partial charge in [0.05, 0.1) is 0 Å². The van der Waals surface area contributed by atoms with Crippen molar-refractivity contribution in [3.05, 3.63) is 23.8 Å². The van der Waals surface area contributed by atoms with Gasteiger partial charge in [-0.15, -0.1) is 0 Å². The molecule has 0 aromatic heterocycles. The van der Waals surface area contributed by atoms with Gasteiger partial charge in [-0.3, -0.25) is 9.52 Å². The molecule has 0 bridgehead atoms. The number of carbonyl (C=O) groups excluding carboxylic acids is 1. The fraction of sp³-hybridized carbons (Fsp3) is 0.300. The third-order valence-corrected chi connectivity index (χ3v) is 3.13. The van der Waals surface area contributed by atoms with Gasteiger partial charge < -0.3 is 5.73 Å². The molecule has 14 heavy (non-hydrogen) atoms. The summed E-state index contributed by atoms with van der Waals surface area (Å²) in [4.78, 5) is 11.5. The van der Waals surface area contributed by atoms with E-state index < -0.39 is 0 Å². The molecule has 1 aromatic rings. The van der Waals surface area contributed by atoms with E-state index in [0.29, 0.717) is 17.3 Å². The van der Waals surface area contributed by atoms with Gasteiger partial charge in [-0.2, -0.15) is 0 Å². The Morgan fingerprint density at radius 3 is 2.86 bits per heavy atom. The summed E-state index contributed by atoms with van der Waals surface area (Å²) in [5.74, 6) is 0. The van der Waals surface area contributed by atoms with Crippen molar-refractivity contribution in [3.63, 3.8) is 0 Å². The average molecular weight is 208 g/mol. The predicted molar refractivity (Wildman–Crippen MR) is 58.3 cm³/mol. The molecule has 74 valence electrons. The third kappa shape index (κ3) is 2.27. The molecule has 0 unspecified atom stereocenters. The molecular formula is C10H12N2OS. The van der Waals surface area contributed by atoms with Crippen LogP contribution in [-0.4, -0.2) is 12.3 Å². The minimum atomic E-state index is 0.623. The second-order valence-electron chi connectivity index (χ2n) is 3.41. The average Bonchev–Trinajstić information content (AvgIpc) is 2.99. The second-order valence-corrected chi connectivity index (χ2v) is 4.29. The van der Waals surface area contributed by atoms with Crippen LogP contribution in [0, 0.1) is 0 Å². The van der Waals surface area contributed by atoms with E-state index in [0.717, 1.165) is 11.2 Å². The maximum Gasteiger partial charge on any atom is 0.150 e. The molecule has 3 nitrogen and oxygen atoms in total. The first-order valence-corrected chi connectivity index (χ1v) is 5.38. The highest BCUT2D eigenvalue weighted by Gasteiger charge is 2.20. The van der Waals surface area contributed by atoms with Crippen molar-refractivity contribution in [2.75, 3.05) is 5.73 Å². The van der Waals surface area contributed by atoms with E-state index in [1.807, 2.05) is 6.07 Å². The van der Waals surface area contributed by atoms with Gasteiger partial charge in [0.2, 0.25) is 0 Å². The van der Waals surface area contributed by atoms with E-state index in [-0.39, 0.29) is 0 Å². The van der Waals surface area contributed by atoms with Crippen molar-refractivity contribution < 1.29 is 4.79 Å². The van der Waals surface area contributed by atoms with E-state index in [1.165, 1.54) is 12.8 Å². The summed E-state index contributed by atoms with van der Waals surface area (Å²) >= 11 is 1.55. The Labute approximate surface area is 87.2 Å². The number of carbonyl (C=O) groups is 1. The Bertz CT molecular complexity index is 350. The van der Waals surface area contributed by atoms with Crippen molar-refractivity contribution in [3.8, 4) is 0 Å². The Hall–Kier alpha value is -1.00. The van der Waals surface area contributed by atoms with Gasteiger partial charge in [-0.25, -0.2) is 0 Å². The quantitative estimate of drug-likeness (QED) is 0.450.